The minimum Gasteiger partial charge on any atom is -0.347 e. The standard InChI is InChI=1S/C12H19N3O2S/c1-12(16-5-6-17-12)10-3-2-4-15(7-10)8-11-9-18-14-13-11/h9-10H,2-8H2,1H3/t10-/m0/s1. The predicted octanol–water partition coefficient (Wildman–Crippen LogP) is 1.51. The second-order valence-electron chi connectivity index (χ2n) is 5.18. The monoisotopic (exact) mass is 269 g/mol. The Bertz CT molecular complexity index is 379. The molecule has 5 nitrogen and oxygen atoms in total. The first kappa shape index (κ1) is 12.5. The van der Waals surface area contributed by atoms with Crippen LogP contribution in [0.3, 0.4) is 0 Å². The minimum absolute atomic E-state index is 0.376. The van der Waals surface area contributed by atoms with Crippen molar-refractivity contribution >= 4 is 11.5 Å². The molecule has 6 heteroatoms. The lowest BCUT2D eigenvalue weighted by Gasteiger charge is -2.39. The van der Waals surface area contributed by atoms with Gasteiger partial charge in [-0.25, -0.2) is 0 Å². The lowest BCUT2D eigenvalue weighted by molar-refractivity contribution is -0.192. The maximum Gasteiger partial charge on any atom is 0.169 e. The van der Waals surface area contributed by atoms with Crippen molar-refractivity contribution in [1.29, 1.82) is 0 Å². The molecule has 0 aromatic carbocycles. The molecule has 0 aliphatic carbocycles. The third kappa shape index (κ3) is 2.56. The van der Waals surface area contributed by atoms with Gasteiger partial charge in [0.25, 0.3) is 0 Å². The van der Waals surface area contributed by atoms with E-state index in [9.17, 15) is 0 Å². The second-order valence-corrected chi connectivity index (χ2v) is 5.79. The van der Waals surface area contributed by atoms with E-state index in [1.54, 1.807) is 0 Å². The molecule has 1 aromatic heterocycles. The summed E-state index contributed by atoms with van der Waals surface area (Å²) in [6.45, 7) is 6.58. The molecule has 3 heterocycles. The maximum atomic E-state index is 5.79. The molecule has 3 rings (SSSR count). The average molecular weight is 269 g/mol. The van der Waals surface area contributed by atoms with Gasteiger partial charge in [-0.05, 0) is 37.8 Å². The molecule has 0 spiro atoms. The number of piperidine rings is 1. The van der Waals surface area contributed by atoms with Gasteiger partial charge in [-0.15, -0.1) is 5.10 Å². The van der Waals surface area contributed by atoms with Gasteiger partial charge in [-0.1, -0.05) is 4.49 Å². The minimum atomic E-state index is -0.376. The number of likely N-dealkylation sites (tertiary alicyclic amines) is 1. The van der Waals surface area contributed by atoms with Gasteiger partial charge < -0.3 is 9.47 Å². The molecule has 0 bridgehead atoms. The van der Waals surface area contributed by atoms with Gasteiger partial charge in [0.1, 0.15) is 0 Å². The molecule has 2 saturated heterocycles. The highest BCUT2D eigenvalue weighted by molar-refractivity contribution is 7.03. The Hall–Kier alpha value is -0.560. The molecule has 2 aliphatic rings. The van der Waals surface area contributed by atoms with Crippen LogP contribution in [0.15, 0.2) is 5.38 Å². The summed E-state index contributed by atoms with van der Waals surface area (Å²) >= 11 is 1.42. The number of aromatic nitrogens is 2. The lowest BCUT2D eigenvalue weighted by atomic mass is 9.90. The maximum absolute atomic E-state index is 5.79. The largest absolute Gasteiger partial charge is 0.347 e. The van der Waals surface area contributed by atoms with E-state index in [1.165, 1.54) is 24.4 Å². The van der Waals surface area contributed by atoms with Gasteiger partial charge in [-0.3, -0.25) is 4.90 Å². The Morgan fingerprint density at radius 2 is 2.33 bits per heavy atom. The second kappa shape index (κ2) is 5.21. The summed E-state index contributed by atoms with van der Waals surface area (Å²) in [5, 5.41) is 6.14. The van der Waals surface area contributed by atoms with E-state index >= 15 is 0 Å². The van der Waals surface area contributed by atoms with E-state index in [-0.39, 0.29) is 5.79 Å². The normalized spacial score (nSPS) is 28.6. The molecule has 1 aromatic rings. The van der Waals surface area contributed by atoms with Crippen LogP contribution >= 0.6 is 11.5 Å². The molecule has 1 atom stereocenters. The topological polar surface area (TPSA) is 47.5 Å². The van der Waals surface area contributed by atoms with Crippen LogP contribution in [-0.4, -0.2) is 46.6 Å². The van der Waals surface area contributed by atoms with Gasteiger partial charge >= 0.3 is 0 Å². The fraction of sp³-hybridized carbons (Fsp3) is 0.833. The number of rotatable bonds is 3. The van der Waals surface area contributed by atoms with Crippen LogP contribution < -0.4 is 0 Å². The van der Waals surface area contributed by atoms with Crippen molar-refractivity contribution in [3.8, 4) is 0 Å². The number of hydrogen-bond acceptors (Lipinski definition) is 6. The van der Waals surface area contributed by atoms with Crippen LogP contribution in [0.4, 0.5) is 0 Å². The van der Waals surface area contributed by atoms with Crippen molar-refractivity contribution in [3.05, 3.63) is 11.1 Å². The average Bonchev–Trinajstić information content (AvgIpc) is 3.02. The van der Waals surface area contributed by atoms with Gasteiger partial charge in [0.2, 0.25) is 0 Å². The Balaban J connectivity index is 1.61. The van der Waals surface area contributed by atoms with E-state index < -0.39 is 0 Å². The molecule has 0 amide bonds. The molecular weight excluding hydrogens is 250 g/mol. The van der Waals surface area contributed by atoms with Crippen molar-refractivity contribution in [3.63, 3.8) is 0 Å². The van der Waals surface area contributed by atoms with Gasteiger partial charge in [0.15, 0.2) is 5.79 Å². The van der Waals surface area contributed by atoms with Crippen molar-refractivity contribution in [2.75, 3.05) is 26.3 Å². The van der Waals surface area contributed by atoms with Crippen LogP contribution in [0.2, 0.25) is 0 Å². The van der Waals surface area contributed by atoms with Crippen LogP contribution in [-0.2, 0) is 16.0 Å². The highest BCUT2D eigenvalue weighted by Crippen LogP contribution is 2.34. The fourth-order valence-corrected chi connectivity index (χ4v) is 3.32. The van der Waals surface area contributed by atoms with E-state index in [2.05, 4.69) is 21.4 Å². The van der Waals surface area contributed by atoms with Crippen LogP contribution in [0.25, 0.3) is 0 Å². The lowest BCUT2D eigenvalue weighted by Crippen LogP contribution is -2.46. The molecule has 18 heavy (non-hydrogen) atoms. The number of nitrogens with zero attached hydrogens (tertiary/aromatic N) is 3. The molecule has 0 radical (unpaired) electrons. The molecule has 100 valence electrons. The first-order valence-corrected chi connectivity index (χ1v) is 7.36. The summed E-state index contributed by atoms with van der Waals surface area (Å²) in [6.07, 6.45) is 2.38. The van der Waals surface area contributed by atoms with Crippen LogP contribution in [0.5, 0.6) is 0 Å². The molecule has 2 fully saturated rings. The van der Waals surface area contributed by atoms with Gasteiger partial charge in [0, 0.05) is 24.4 Å². The highest BCUT2D eigenvalue weighted by Gasteiger charge is 2.41. The zero-order chi connectivity index (χ0) is 12.4. The van der Waals surface area contributed by atoms with E-state index in [0.717, 1.165) is 38.5 Å². The number of hydrogen-bond donors (Lipinski definition) is 0. The van der Waals surface area contributed by atoms with Gasteiger partial charge in [-0.2, -0.15) is 0 Å². The molecule has 0 N–H and O–H groups in total. The van der Waals surface area contributed by atoms with E-state index in [1.807, 2.05) is 5.38 Å². The Morgan fingerprint density at radius 1 is 1.50 bits per heavy atom. The smallest absolute Gasteiger partial charge is 0.169 e. The van der Waals surface area contributed by atoms with E-state index in [0.29, 0.717) is 5.92 Å². The summed E-state index contributed by atoms with van der Waals surface area (Å²) in [4.78, 5) is 2.43. The molecule has 0 unspecified atom stereocenters. The van der Waals surface area contributed by atoms with Crippen LogP contribution in [0.1, 0.15) is 25.5 Å². The molecule has 2 aliphatic heterocycles. The summed E-state index contributed by atoms with van der Waals surface area (Å²) in [5.41, 5.74) is 1.07. The predicted molar refractivity (Wildman–Crippen MR) is 68.2 cm³/mol. The summed E-state index contributed by atoms with van der Waals surface area (Å²) in [7, 11) is 0. The first-order valence-electron chi connectivity index (χ1n) is 6.52. The Morgan fingerprint density at radius 3 is 3.06 bits per heavy atom. The van der Waals surface area contributed by atoms with Crippen molar-refractivity contribution in [2.45, 2.75) is 32.1 Å². The zero-order valence-electron chi connectivity index (χ0n) is 10.7. The SMILES string of the molecule is CC1([C@H]2CCCN(Cc3csnn3)C2)OCCO1. The summed E-state index contributed by atoms with van der Waals surface area (Å²) in [5.74, 6) is 0.0827. The fourth-order valence-electron chi connectivity index (χ4n) is 2.88. The van der Waals surface area contributed by atoms with Gasteiger partial charge in [0.05, 0.1) is 18.9 Å². The highest BCUT2D eigenvalue weighted by atomic mass is 32.1. The molecular formula is C12H19N3O2S. The third-order valence-corrected chi connectivity index (χ3v) is 4.45. The third-order valence-electron chi connectivity index (χ3n) is 3.90. The summed E-state index contributed by atoms with van der Waals surface area (Å²) in [6, 6.07) is 0. The number of ether oxygens (including phenoxy) is 2. The Kier molecular flexibility index (Phi) is 3.61. The van der Waals surface area contributed by atoms with Crippen molar-refractivity contribution in [2.24, 2.45) is 5.92 Å². The molecule has 0 saturated carbocycles. The van der Waals surface area contributed by atoms with Crippen LogP contribution in [0, 0.1) is 5.92 Å². The van der Waals surface area contributed by atoms with Crippen molar-refractivity contribution in [1.82, 2.24) is 14.5 Å². The summed E-state index contributed by atoms with van der Waals surface area (Å²) < 4.78 is 15.5. The quantitative estimate of drug-likeness (QED) is 0.832. The Labute approximate surface area is 111 Å². The van der Waals surface area contributed by atoms with E-state index in [4.69, 9.17) is 9.47 Å². The zero-order valence-corrected chi connectivity index (χ0v) is 11.5. The first-order chi connectivity index (χ1) is 8.76. The van der Waals surface area contributed by atoms with Crippen molar-refractivity contribution < 1.29 is 9.47 Å².